The lowest BCUT2D eigenvalue weighted by Gasteiger charge is -2.10. The highest BCUT2D eigenvalue weighted by atomic mass is 35.5. The predicted molar refractivity (Wildman–Crippen MR) is 54.1 cm³/mol. The Bertz CT molecular complexity index is 501. The number of hydrogen-bond acceptors (Lipinski definition) is 4. The molecule has 16 heavy (non-hydrogen) atoms. The normalized spacial score (nSPS) is 20.1. The molecule has 1 atom stereocenters. The molecule has 6 heteroatoms. The van der Waals surface area contributed by atoms with Crippen LogP contribution in [-0.4, -0.2) is 10.9 Å². The molecule has 0 spiro atoms. The first kappa shape index (κ1) is 10.8. The van der Waals surface area contributed by atoms with Crippen LogP contribution >= 0.6 is 11.6 Å². The Morgan fingerprint density at radius 2 is 2.19 bits per heavy atom. The second kappa shape index (κ2) is 3.68. The van der Waals surface area contributed by atoms with Gasteiger partial charge in [0.05, 0.1) is 0 Å². The van der Waals surface area contributed by atoms with E-state index >= 15 is 0 Å². The van der Waals surface area contributed by atoms with Crippen molar-refractivity contribution in [1.29, 1.82) is 0 Å². The van der Waals surface area contributed by atoms with Gasteiger partial charge in [-0.25, -0.2) is 4.39 Å². The summed E-state index contributed by atoms with van der Waals surface area (Å²) in [6, 6.07) is 3.79. The Hall–Kier alpha value is -1.75. The minimum Gasteiger partial charge on any atom is -0.501 e. The van der Waals surface area contributed by atoms with Gasteiger partial charge in [-0.1, -0.05) is 17.7 Å². The van der Waals surface area contributed by atoms with Gasteiger partial charge < -0.3 is 15.6 Å². The molecule has 1 heterocycles. The Kier molecular flexibility index (Phi) is 2.47. The lowest BCUT2D eigenvalue weighted by atomic mass is 10.1. The van der Waals surface area contributed by atoms with Crippen molar-refractivity contribution >= 4 is 17.4 Å². The summed E-state index contributed by atoms with van der Waals surface area (Å²) < 4.78 is 18.3. The zero-order valence-corrected chi connectivity index (χ0v) is 8.66. The number of aliphatic hydroxyl groups is 1. The lowest BCUT2D eigenvalue weighted by molar-refractivity contribution is -0.123. The van der Waals surface area contributed by atoms with Gasteiger partial charge in [-0.2, -0.15) is 0 Å². The van der Waals surface area contributed by atoms with Crippen LogP contribution in [0.1, 0.15) is 11.7 Å². The minimum atomic E-state index is -1.24. The maximum Gasteiger partial charge on any atom is 0.247 e. The van der Waals surface area contributed by atoms with E-state index in [1.54, 1.807) is 0 Å². The summed E-state index contributed by atoms with van der Waals surface area (Å²) in [6.07, 6.45) is -1.24. The Morgan fingerprint density at radius 1 is 1.50 bits per heavy atom. The number of aliphatic hydroxyl groups excluding tert-OH is 1. The standard InChI is InChI=1S/C10H7ClFNO3/c11-4-1-2-5(6(12)3-4)9-7(14)8(15)10(13)16-9/h1-3,9,15H,13H2. The fourth-order valence-corrected chi connectivity index (χ4v) is 1.56. The number of benzene rings is 1. The van der Waals surface area contributed by atoms with Crippen molar-refractivity contribution in [2.45, 2.75) is 6.10 Å². The molecule has 1 aromatic carbocycles. The molecule has 0 aromatic heterocycles. The van der Waals surface area contributed by atoms with E-state index < -0.39 is 29.3 Å². The highest BCUT2D eigenvalue weighted by Gasteiger charge is 2.36. The minimum absolute atomic E-state index is 0.0126. The number of carbonyl (C=O) groups excluding carboxylic acids is 1. The van der Waals surface area contributed by atoms with Crippen LogP contribution in [0.15, 0.2) is 29.8 Å². The second-order valence-corrected chi connectivity index (χ2v) is 3.68. The monoisotopic (exact) mass is 243 g/mol. The lowest BCUT2D eigenvalue weighted by Crippen LogP contribution is -2.11. The van der Waals surface area contributed by atoms with Crippen molar-refractivity contribution in [1.82, 2.24) is 0 Å². The van der Waals surface area contributed by atoms with Crippen LogP contribution in [0.4, 0.5) is 4.39 Å². The molecule has 0 fully saturated rings. The highest BCUT2D eigenvalue weighted by Crippen LogP contribution is 2.32. The SMILES string of the molecule is NC1=C(O)C(=O)C(c2ccc(Cl)cc2F)O1. The quantitative estimate of drug-likeness (QED) is 0.789. The molecule has 84 valence electrons. The zero-order valence-electron chi connectivity index (χ0n) is 7.91. The van der Waals surface area contributed by atoms with Crippen LogP contribution in [0.3, 0.4) is 0 Å². The zero-order chi connectivity index (χ0) is 11.9. The van der Waals surface area contributed by atoms with Gasteiger partial charge in [0.25, 0.3) is 0 Å². The first-order valence-electron chi connectivity index (χ1n) is 4.35. The molecule has 1 aliphatic heterocycles. The number of carbonyl (C=O) groups is 1. The van der Waals surface area contributed by atoms with Crippen molar-refractivity contribution in [3.05, 3.63) is 46.2 Å². The molecule has 3 N–H and O–H groups in total. The largest absolute Gasteiger partial charge is 0.501 e. The molecule has 2 rings (SSSR count). The average Bonchev–Trinajstić information content (AvgIpc) is 2.46. The van der Waals surface area contributed by atoms with Gasteiger partial charge in [0.2, 0.25) is 17.4 Å². The van der Waals surface area contributed by atoms with Gasteiger partial charge >= 0.3 is 0 Å². The van der Waals surface area contributed by atoms with Crippen LogP contribution in [0.2, 0.25) is 5.02 Å². The van der Waals surface area contributed by atoms with E-state index in [1.807, 2.05) is 0 Å². The number of hydrogen-bond donors (Lipinski definition) is 2. The Balaban J connectivity index is 2.38. The van der Waals surface area contributed by atoms with Crippen molar-refractivity contribution in [3.63, 3.8) is 0 Å². The molecule has 1 unspecified atom stereocenters. The van der Waals surface area contributed by atoms with Crippen LogP contribution in [-0.2, 0) is 9.53 Å². The summed E-state index contributed by atoms with van der Waals surface area (Å²) in [5, 5.41) is 9.38. The van der Waals surface area contributed by atoms with Crippen molar-refractivity contribution in [2.75, 3.05) is 0 Å². The van der Waals surface area contributed by atoms with Crippen molar-refractivity contribution in [3.8, 4) is 0 Å². The third-order valence-electron chi connectivity index (χ3n) is 2.19. The van der Waals surface area contributed by atoms with Crippen molar-refractivity contribution in [2.24, 2.45) is 5.73 Å². The maximum atomic E-state index is 13.5. The molecule has 0 saturated heterocycles. The van der Waals surface area contributed by atoms with Gasteiger partial charge in [-0.3, -0.25) is 4.79 Å². The van der Waals surface area contributed by atoms with Gasteiger partial charge in [0.15, 0.2) is 6.10 Å². The fourth-order valence-electron chi connectivity index (χ4n) is 1.40. The van der Waals surface area contributed by atoms with Crippen molar-refractivity contribution < 1.29 is 19.0 Å². The number of nitrogens with two attached hydrogens (primary N) is 1. The van der Waals surface area contributed by atoms with E-state index in [1.165, 1.54) is 12.1 Å². The molecule has 4 nitrogen and oxygen atoms in total. The summed E-state index contributed by atoms with van der Waals surface area (Å²) in [7, 11) is 0. The van der Waals surface area contributed by atoms with Gasteiger partial charge in [0, 0.05) is 10.6 Å². The number of ketones is 1. The smallest absolute Gasteiger partial charge is 0.247 e. The molecular formula is C10H7ClFNO3. The van der Waals surface area contributed by atoms with E-state index in [-0.39, 0.29) is 10.6 Å². The Morgan fingerprint density at radius 3 is 2.69 bits per heavy atom. The van der Waals surface area contributed by atoms with E-state index in [9.17, 15) is 14.3 Å². The molecule has 0 bridgehead atoms. The number of ether oxygens (including phenoxy) is 1. The first-order chi connectivity index (χ1) is 7.50. The fraction of sp³-hybridized carbons (Fsp3) is 0.100. The van der Waals surface area contributed by atoms with Crippen LogP contribution < -0.4 is 5.73 Å². The van der Waals surface area contributed by atoms with Gasteiger partial charge in [0.1, 0.15) is 5.82 Å². The van der Waals surface area contributed by atoms with Crippen LogP contribution in [0.5, 0.6) is 0 Å². The van der Waals surface area contributed by atoms with Gasteiger partial charge in [-0.15, -0.1) is 0 Å². The molecule has 1 aliphatic rings. The summed E-state index contributed by atoms with van der Waals surface area (Å²) in [5.74, 6) is -2.53. The predicted octanol–water partition coefficient (Wildman–Crippen LogP) is 1.81. The van der Waals surface area contributed by atoms with E-state index in [4.69, 9.17) is 22.1 Å². The average molecular weight is 244 g/mol. The summed E-state index contributed by atoms with van der Waals surface area (Å²) in [4.78, 5) is 11.4. The summed E-state index contributed by atoms with van der Waals surface area (Å²) in [6.45, 7) is 0. The van der Waals surface area contributed by atoms with E-state index in [2.05, 4.69) is 0 Å². The molecular weight excluding hydrogens is 237 g/mol. The Labute approximate surface area is 95.1 Å². The molecule has 0 amide bonds. The number of rotatable bonds is 1. The molecule has 1 aromatic rings. The third kappa shape index (κ3) is 1.59. The summed E-state index contributed by atoms with van der Waals surface area (Å²) in [5.41, 5.74) is 5.20. The molecule has 0 saturated carbocycles. The third-order valence-corrected chi connectivity index (χ3v) is 2.43. The second-order valence-electron chi connectivity index (χ2n) is 3.24. The highest BCUT2D eigenvalue weighted by molar-refractivity contribution is 6.30. The summed E-state index contributed by atoms with van der Waals surface area (Å²) >= 11 is 5.57. The molecule has 0 aliphatic carbocycles. The van der Waals surface area contributed by atoms with E-state index in [0.717, 1.165) is 6.07 Å². The van der Waals surface area contributed by atoms with Gasteiger partial charge in [-0.05, 0) is 12.1 Å². The maximum absolute atomic E-state index is 13.5. The number of halogens is 2. The topological polar surface area (TPSA) is 72.5 Å². The van der Waals surface area contributed by atoms with Crippen LogP contribution in [0.25, 0.3) is 0 Å². The molecule has 0 radical (unpaired) electrons. The van der Waals surface area contributed by atoms with Crippen LogP contribution in [0, 0.1) is 5.82 Å². The first-order valence-corrected chi connectivity index (χ1v) is 4.73. The number of Topliss-reactive ketones (excluding diaryl/α,β-unsaturated/α-hetero) is 1. The van der Waals surface area contributed by atoms with E-state index in [0.29, 0.717) is 0 Å².